The average molecular weight is 137 g/mol. The predicted molar refractivity (Wildman–Crippen MR) is 38.3 cm³/mol. The third-order valence-corrected chi connectivity index (χ3v) is 2.01. The van der Waals surface area contributed by atoms with E-state index >= 15 is 0 Å². The van der Waals surface area contributed by atoms with Crippen LogP contribution in [0.15, 0.2) is 12.3 Å². The van der Waals surface area contributed by atoms with Crippen molar-refractivity contribution in [1.82, 2.24) is 9.78 Å². The Balaban J connectivity index is 2.34. The van der Waals surface area contributed by atoms with Crippen LogP contribution in [0.4, 0.5) is 0 Å². The zero-order valence-electron chi connectivity index (χ0n) is 6.04. The first-order valence-corrected chi connectivity index (χ1v) is 3.50. The molecule has 1 fully saturated rings. The van der Waals surface area contributed by atoms with Crippen LogP contribution in [-0.2, 0) is 12.6 Å². The van der Waals surface area contributed by atoms with Crippen molar-refractivity contribution in [3.05, 3.63) is 18.0 Å². The van der Waals surface area contributed by atoms with Crippen LogP contribution in [0.5, 0.6) is 0 Å². The third-order valence-electron chi connectivity index (χ3n) is 2.01. The number of aryl methyl sites for hydroxylation is 1. The standard InChI is InChI=1S/C7H11N3/c1-10-5-2-6(9-10)7(8)3-4-7/h2,5H,3-4,8H2,1H3. The molecule has 0 spiro atoms. The van der Waals surface area contributed by atoms with Crippen molar-refractivity contribution in [2.24, 2.45) is 12.8 Å². The van der Waals surface area contributed by atoms with Gasteiger partial charge in [-0.3, -0.25) is 4.68 Å². The van der Waals surface area contributed by atoms with Gasteiger partial charge in [0.15, 0.2) is 0 Å². The molecule has 1 heterocycles. The highest BCUT2D eigenvalue weighted by atomic mass is 15.3. The first-order valence-electron chi connectivity index (χ1n) is 3.50. The number of aromatic nitrogens is 2. The van der Waals surface area contributed by atoms with Crippen LogP contribution in [0.25, 0.3) is 0 Å². The molecule has 0 unspecified atom stereocenters. The van der Waals surface area contributed by atoms with Crippen LogP contribution in [0.3, 0.4) is 0 Å². The highest BCUT2D eigenvalue weighted by Gasteiger charge is 2.41. The van der Waals surface area contributed by atoms with Crippen LogP contribution < -0.4 is 5.73 Å². The zero-order chi connectivity index (χ0) is 7.19. The van der Waals surface area contributed by atoms with E-state index in [9.17, 15) is 0 Å². The van der Waals surface area contributed by atoms with E-state index in [1.54, 1.807) is 4.68 Å². The molecule has 1 saturated carbocycles. The van der Waals surface area contributed by atoms with Gasteiger partial charge in [0.2, 0.25) is 0 Å². The lowest BCUT2D eigenvalue weighted by molar-refractivity contribution is 0.659. The molecule has 0 amide bonds. The van der Waals surface area contributed by atoms with Crippen molar-refractivity contribution >= 4 is 0 Å². The fourth-order valence-corrected chi connectivity index (χ4v) is 1.07. The molecular formula is C7H11N3. The fraction of sp³-hybridized carbons (Fsp3) is 0.571. The lowest BCUT2D eigenvalue weighted by Gasteiger charge is -2.01. The molecule has 3 heteroatoms. The highest BCUT2D eigenvalue weighted by Crippen LogP contribution is 2.41. The van der Waals surface area contributed by atoms with Gasteiger partial charge in [0.1, 0.15) is 0 Å². The Hall–Kier alpha value is -0.830. The van der Waals surface area contributed by atoms with Gasteiger partial charge in [0.05, 0.1) is 11.2 Å². The van der Waals surface area contributed by atoms with Gasteiger partial charge in [-0.05, 0) is 18.9 Å². The molecule has 2 rings (SSSR count). The molecule has 1 aliphatic rings. The van der Waals surface area contributed by atoms with Gasteiger partial charge in [-0.2, -0.15) is 5.10 Å². The summed E-state index contributed by atoms with van der Waals surface area (Å²) in [5, 5.41) is 4.24. The maximum absolute atomic E-state index is 5.91. The van der Waals surface area contributed by atoms with E-state index < -0.39 is 0 Å². The van der Waals surface area contributed by atoms with E-state index in [2.05, 4.69) is 5.10 Å². The van der Waals surface area contributed by atoms with Crippen molar-refractivity contribution in [2.45, 2.75) is 18.4 Å². The van der Waals surface area contributed by atoms with E-state index in [0.717, 1.165) is 18.5 Å². The average Bonchev–Trinajstić information content (AvgIpc) is 2.45. The first kappa shape index (κ1) is 5.92. The van der Waals surface area contributed by atoms with Crippen molar-refractivity contribution in [3.63, 3.8) is 0 Å². The quantitative estimate of drug-likeness (QED) is 0.607. The minimum atomic E-state index is -0.0682. The maximum atomic E-state index is 5.91. The summed E-state index contributed by atoms with van der Waals surface area (Å²) >= 11 is 0. The van der Waals surface area contributed by atoms with Gasteiger partial charge in [0, 0.05) is 13.2 Å². The minimum Gasteiger partial charge on any atom is -0.320 e. The van der Waals surface area contributed by atoms with Gasteiger partial charge in [-0.1, -0.05) is 0 Å². The zero-order valence-corrected chi connectivity index (χ0v) is 6.04. The Morgan fingerprint density at radius 3 is 2.80 bits per heavy atom. The topological polar surface area (TPSA) is 43.8 Å². The smallest absolute Gasteiger partial charge is 0.0823 e. The molecule has 0 bridgehead atoms. The summed E-state index contributed by atoms with van der Waals surface area (Å²) in [4.78, 5) is 0. The summed E-state index contributed by atoms with van der Waals surface area (Å²) in [6, 6.07) is 1.99. The second-order valence-electron chi connectivity index (χ2n) is 3.03. The van der Waals surface area contributed by atoms with E-state index in [4.69, 9.17) is 5.73 Å². The molecule has 0 radical (unpaired) electrons. The van der Waals surface area contributed by atoms with Gasteiger partial charge >= 0.3 is 0 Å². The third kappa shape index (κ3) is 0.743. The van der Waals surface area contributed by atoms with E-state index in [-0.39, 0.29) is 5.54 Å². The lowest BCUT2D eigenvalue weighted by Crippen LogP contribution is -2.19. The monoisotopic (exact) mass is 137 g/mol. The maximum Gasteiger partial charge on any atom is 0.0823 e. The second-order valence-corrected chi connectivity index (χ2v) is 3.03. The summed E-state index contributed by atoms with van der Waals surface area (Å²) in [6.07, 6.45) is 4.11. The largest absolute Gasteiger partial charge is 0.320 e. The van der Waals surface area contributed by atoms with Crippen molar-refractivity contribution in [3.8, 4) is 0 Å². The molecule has 0 atom stereocenters. The predicted octanol–water partition coefficient (Wildman–Crippen LogP) is 0.368. The number of rotatable bonds is 1. The normalized spacial score (nSPS) is 21.0. The van der Waals surface area contributed by atoms with Crippen molar-refractivity contribution < 1.29 is 0 Å². The summed E-state index contributed by atoms with van der Waals surface area (Å²) in [5.74, 6) is 0. The molecule has 1 aromatic heterocycles. The molecule has 2 N–H and O–H groups in total. The van der Waals surface area contributed by atoms with Gasteiger partial charge in [0.25, 0.3) is 0 Å². The van der Waals surface area contributed by atoms with Gasteiger partial charge in [-0.25, -0.2) is 0 Å². The molecule has 1 aliphatic carbocycles. The Morgan fingerprint density at radius 1 is 1.70 bits per heavy atom. The molecule has 0 aliphatic heterocycles. The van der Waals surface area contributed by atoms with E-state index in [1.807, 2.05) is 19.3 Å². The number of hydrogen-bond acceptors (Lipinski definition) is 2. The summed E-state index contributed by atoms with van der Waals surface area (Å²) in [5.41, 5.74) is 6.87. The molecule has 54 valence electrons. The SMILES string of the molecule is Cn1ccc(C2(N)CC2)n1. The van der Waals surface area contributed by atoms with Crippen LogP contribution in [0.2, 0.25) is 0 Å². The second kappa shape index (κ2) is 1.61. The van der Waals surface area contributed by atoms with Crippen LogP contribution >= 0.6 is 0 Å². The molecule has 3 nitrogen and oxygen atoms in total. The number of hydrogen-bond donors (Lipinski definition) is 1. The Labute approximate surface area is 59.8 Å². The van der Waals surface area contributed by atoms with Crippen molar-refractivity contribution in [2.75, 3.05) is 0 Å². The Kier molecular flexibility index (Phi) is 0.951. The molecular weight excluding hydrogens is 126 g/mol. The first-order chi connectivity index (χ1) is 4.71. The summed E-state index contributed by atoms with van der Waals surface area (Å²) in [7, 11) is 1.91. The van der Waals surface area contributed by atoms with Crippen molar-refractivity contribution in [1.29, 1.82) is 0 Å². The van der Waals surface area contributed by atoms with Crippen LogP contribution in [-0.4, -0.2) is 9.78 Å². The number of nitrogens with zero attached hydrogens (tertiary/aromatic N) is 2. The van der Waals surface area contributed by atoms with E-state index in [1.165, 1.54) is 0 Å². The van der Waals surface area contributed by atoms with Crippen LogP contribution in [0, 0.1) is 0 Å². The number of nitrogens with two attached hydrogens (primary N) is 1. The molecule has 1 aromatic rings. The molecule has 0 saturated heterocycles. The highest BCUT2D eigenvalue weighted by molar-refractivity contribution is 5.20. The lowest BCUT2D eigenvalue weighted by atomic mass is 10.2. The molecule has 0 aromatic carbocycles. The Bertz CT molecular complexity index is 247. The summed E-state index contributed by atoms with van der Waals surface area (Å²) in [6.45, 7) is 0. The van der Waals surface area contributed by atoms with Gasteiger partial charge in [-0.15, -0.1) is 0 Å². The van der Waals surface area contributed by atoms with Gasteiger partial charge < -0.3 is 5.73 Å². The fourth-order valence-electron chi connectivity index (χ4n) is 1.07. The molecule has 10 heavy (non-hydrogen) atoms. The van der Waals surface area contributed by atoms with E-state index in [0.29, 0.717) is 0 Å². The summed E-state index contributed by atoms with van der Waals surface area (Å²) < 4.78 is 1.79. The minimum absolute atomic E-state index is 0.0682. The Morgan fingerprint density at radius 2 is 2.40 bits per heavy atom. The van der Waals surface area contributed by atoms with Crippen LogP contribution in [0.1, 0.15) is 18.5 Å².